The Labute approximate surface area is 133 Å². The molecule has 1 N–H and O–H groups in total. The number of halogens is 2. The van der Waals surface area contributed by atoms with Crippen LogP contribution in [0.25, 0.3) is 0 Å². The van der Waals surface area contributed by atoms with Gasteiger partial charge in [-0.2, -0.15) is 0 Å². The van der Waals surface area contributed by atoms with Crippen molar-refractivity contribution >= 4 is 27.5 Å². The Morgan fingerprint density at radius 2 is 2.20 bits per heavy atom. The van der Waals surface area contributed by atoms with Gasteiger partial charge in [-0.05, 0) is 30.7 Å². The standard InChI is InChI=1S/C15H19BrClN3/c1-3-8-20-9-7-19-15(20)14(18-4-2)12-6-5-11(16)10-13(12)17/h5-7,9-10,14,18H,3-4,8H2,1-2H3. The molecule has 2 rings (SSSR count). The largest absolute Gasteiger partial charge is 0.333 e. The first-order valence-electron chi connectivity index (χ1n) is 6.86. The summed E-state index contributed by atoms with van der Waals surface area (Å²) in [5, 5.41) is 4.22. The molecule has 0 spiro atoms. The highest BCUT2D eigenvalue weighted by atomic mass is 79.9. The van der Waals surface area contributed by atoms with E-state index in [1.54, 1.807) is 0 Å². The number of aryl methyl sites for hydroxylation is 1. The minimum atomic E-state index is 0.0159. The molecule has 0 fully saturated rings. The maximum Gasteiger partial charge on any atom is 0.130 e. The highest BCUT2D eigenvalue weighted by Gasteiger charge is 2.20. The lowest BCUT2D eigenvalue weighted by molar-refractivity contribution is 0.544. The quantitative estimate of drug-likeness (QED) is 0.831. The summed E-state index contributed by atoms with van der Waals surface area (Å²) in [5.41, 5.74) is 1.06. The summed E-state index contributed by atoms with van der Waals surface area (Å²) in [5.74, 6) is 1.01. The molecule has 0 saturated carbocycles. The normalized spacial score (nSPS) is 12.6. The van der Waals surface area contributed by atoms with E-state index in [1.807, 2.05) is 30.6 Å². The zero-order valence-electron chi connectivity index (χ0n) is 11.7. The van der Waals surface area contributed by atoms with Crippen molar-refractivity contribution in [3.8, 4) is 0 Å². The zero-order chi connectivity index (χ0) is 14.5. The average Bonchev–Trinajstić information content (AvgIpc) is 2.85. The fourth-order valence-electron chi connectivity index (χ4n) is 2.29. The molecule has 0 saturated heterocycles. The molecule has 0 bridgehead atoms. The van der Waals surface area contributed by atoms with Crippen molar-refractivity contribution in [2.24, 2.45) is 0 Å². The summed E-state index contributed by atoms with van der Waals surface area (Å²) in [6.07, 6.45) is 4.95. The van der Waals surface area contributed by atoms with E-state index in [9.17, 15) is 0 Å². The van der Waals surface area contributed by atoms with Crippen LogP contribution in [0.3, 0.4) is 0 Å². The lowest BCUT2D eigenvalue weighted by atomic mass is 10.1. The predicted octanol–water partition coefficient (Wildman–Crippen LogP) is 4.41. The molecule has 1 aromatic heterocycles. The summed E-state index contributed by atoms with van der Waals surface area (Å²) in [4.78, 5) is 4.52. The van der Waals surface area contributed by atoms with E-state index in [1.165, 1.54) is 0 Å². The summed E-state index contributed by atoms with van der Waals surface area (Å²) in [6.45, 7) is 6.08. The number of hydrogen-bond acceptors (Lipinski definition) is 2. The Bertz CT molecular complexity index is 568. The van der Waals surface area contributed by atoms with Crippen LogP contribution in [0.2, 0.25) is 5.02 Å². The van der Waals surface area contributed by atoms with Gasteiger partial charge in [-0.1, -0.05) is 47.4 Å². The molecular weight excluding hydrogens is 338 g/mol. The zero-order valence-corrected chi connectivity index (χ0v) is 14.1. The van der Waals surface area contributed by atoms with Gasteiger partial charge in [0, 0.05) is 28.4 Å². The van der Waals surface area contributed by atoms with Crippen LogP contribution in [0.4, 0.5) is 0 Å². The van der Waals surface area contributed by atoms with E-state index in [0.717, 1.165) is 40.4 Å². The second-order valence-corrected chi connectivity index (χ2v) is 5.96. The first-order chi connectivity index (χ1) is 9.67. The van der Waals surface area contributed by atoms with Gasteiger partial charge >= 0.3 is 0 Å². The Balaban J connectivity index is 2.42. The van der Waals surface area contributed by atoms with Gasteiger partial charge in [0.25, 0.3) is 0 Å². The van der Waals surface area contributed by atoms with Crippen molar-refractivity contribution in [3.05, 3.63) is 51.5 Å². The van der Waals surface area contributed by atoms with E-state index >= 15 is 0 Å². The molecule has 108 valence electrons. The van der Waals surface area contributed by atoms with E-state index < -0.39 is 0 Å². The van der Waals surface area contributed by atoms with Crippen LogP contribution in [0.5, 0.6) is 0 Å². The van der Waals surface area contributed by atoms with Gasteiger partial charge in [-0.3, -0.25) is 0 Å². The van der Waals surface area contributed by atoms with Gasteiger partial charge in [0.15, 0.2) is 0 Å². The maximum atomic E-state index is 6.40. The topological polar surface area (TPSA) is 29.9 Å². The van der Waals surface area contributed by atoms with Gasteiger partial charge < -0.3 is 9.88 Å². The van der Waals surface area contributed by atoms with Crippen LogP contribution < -0.4 is 5.32 Å². The Morgan fingerprint density at radius 1 is 1.40 bits per heavy atom. The van der Waals surface area contributed by atoms with Crippen LogP contribution in [0.1, 0.15) is 37.7 Å². The molecule has 3 nitrogen and oxygen atoms in total. The van der Waals surface area contributed by atoms with Crippen LogP contribution in [-0.2, 0) is 6.54 Å². The molecule has 5 heteroatoms. The Hall–Kier alpha value is -0.840. The predicted molar refractivity (Wildman–Crippen MR) is 87.2 cm³/mol. The number of aromatic nitrogens is 2. The molecule has 20 heavy (non-hydrogen) atoms. The fraction of sp³-hybridized carbons (Fsp3) is 0.400. The van der Waals surface area contributed by atoms with Gasteiger partial charge in [-0.15, -0.1) is 0 Å². The number of hydrogen-bond donors (Lipinski definition) is 1. The minimum absolute atomic E-state index is 0.0159. The van der Waals surface area contributed by atoms with Crippen LogP contribution in [0.15, 0.2) is 35.1 Å². The highest BCUT2D eigenvalue weighted by molar-refractivity contribution is 9.10. The average molecular weight is 357 g/mol. The van der Waals surface area contributed by atoms with Gasteiger partial charge in [0.1, 0.15) is 5.82 Å². The first kappa shape index (κ1) is 15.5. The molecule has 0 aliphatic rings. The lowest BCUT2D eigenvalue weighted by Gasteiger charge is -2.20. The molecular formula is C15H19BrClN3. The van der Waals surface area contributed by atoms with Crippen molar-refractivity contribution in [1.29, 1.82) is 0 Å². The van der Waals surface area contributed by atoms with E-state index in [2.05, 4.69) is 44.6 Å². The molecule has 1 heterocycles. The fourth-order valence-corrected chi connectivity index (χ4v) is 3.07. The molecule has 0 amide bonds. The smallest absolute Gasteiger partial charge is 0.130 e. The summed E-state index contributed by atoms with van der Waals surface area (Å²) < 4.78 is 3.17. The Kier molecular flexibility index (Phi) is 5.64. The van der Waals surface area contributed by atoms with E-state index in [0.29, 0.717) is 0 Å². The maximum absolute atomic E-state index is 6.40. The van der Waals surface area contributed by atoms with Crippen LogP contribution in [-0.4, -0.2) is 16.1 Å². The molecule has 1 aromatic carbocycles. The van der Waals surface area contributed by atoms with Crippen molar-refractivity contribution in [2.75, 3.05) is 6.54 Å². The van der Waals surface area contributed by atoms with Crippen molar-refractivity contribution in [3.63, 3.8) is 0 Å². The van der Waals surface area contributed by atoms with Crippen LogP contribution >= 0.6 is 27.5 Å². The van der Waals surface area contributed by atoms with Gasteiger partial charge in [0.05, 0.1) is 6.04 Å². The van der Waals surface area contributed by atoms with Crippen molar-refractivity contribution < 1.29 is 0 Å². The van der Waals surface area contributed by atoms with E-state index in [4.69, 9.17) is 11.6 Å². The second-order valence-electron chi connectivity index (χ2n) is 4.64. The first-order valence-corrected chi connectivity index (χ1v) is 8.03. The third kappa shape index (κ3) is 3.43. The summed E-state index contributed by atoms with van der Waals surface area (Å²) in [7, 11) is 0. The number of nitrogens with zero attached hydrogens (tertiary/aromatic N) is 2. The summed E-state index contributed by atoms with van der Waals surface area (Å²) in [6, 6.07) is 6.00. The molecule has 0 aliphatic heterocycles. The number of rotatable bonds is 6. The van der Waals surface area contributed by atoms with Crippen molar-refractivity contribution in [1.82, 2.24) is 14.9 Å². The number of benzene rings is 1. The third-order valence-electron chi connectivity index (χ3n) is 3.15. The van der Waals surface area contributed by atoms with Crippen molar-refractivity contribution in [2.45, 2.75) is 32.9 Å². The monoisotopic (exact) mass is 355 g/mol. The second kappa shape index (κ2) is 7.25. The number of nitrogens with one attached hydrogen (secondary N) is 1. The minimum Gasteiger partial charge on any atom is -0.333 e. The Morgan fingerprint density at radius 3 is 2.85 bits per heavy atom. The molecule has 0 aliphatic carbocycles. The highest BCUT2D eigenvalue weighted by Crippen LogP contribution is 2.30. The third-order valence-corrected chi connectivity index (χ3v) is 3.97. The lowest BCUT2D eigenvalue weighted by Crippen LogP contribution is -2.25. The van der Waals surface area contributed by atoms with E-state index in [-0.39, 0.29) is 6.04 Å². The summed E-state index contributed by atoms with van der Waals surface area (Å²) >= 11 is 9.85. The van der Waals surface area contributed by atoms with Crippen LogP contribution in [0, 0.1) is 0 Å². The molecule has 0 radical (unpaired) electrons. The SMILES string of the molecule is CCCn1ccnc1C(NCC)c1ccc(Br)cc1Cl. The number of imidazole rings is 1. The van der Waals surface area contributed by atoms with Gasteiger partial charge in [-0.25, -0.2) is 4.98 Å². The molecule has 1 unspecified atom stereocenters. The van der Waals surface area contributed by atoms with Gasteiger partial charge in [0.2, 0.25) is 0 Å². The molecule has 2 aromatic rings. The molecule has 1 atom stereocenters.